The summed E-state index contributed by atoms with van der Waals surface area (Å²) in [4.78, 5) is 0. The molecule has 0 saturated carbocycles. The molecule has 4 aromatic rings. The van der Waals surface area contributed by atoms with Gasteiger partial charge in [0.1, 0.15) is 16.1 Å². The highest BCUT2D eigenvalue weighted by molar-refractivity contribution is 7.17. The molecular weight excluding hydrogens is 449 g/mol. The fourth-order valence-electron chi connectivity index (χ4n) is 4.54. The monoisotopic (exact) mass is 478 g/mol. The van der Waals surface area contributed by atoms with Gasteiger partial charge in [-0.25, -0.2) is 0 Å². The van der Waals surface area contributed by atoms with E-state index in [-0.39, 0.29) is 11.8 Å². The molecule has 2 unspecified atom stereocenters. The maximum Gasteiger partial charge on any atom is 0.129 e. The van der Waals surface area contributed by atoms with Crippen LogP contribution in [0.1, 0.15) is 34.1 Å². The van der Waals surface area contributed by atoms with Crippen LogP contribution in [0, 0.1) is 22.9 Å². The number of hydrogen-bond donors (Lipinski definition) is 0. The molecule has 0 aliphatic heterocycles. The largest absolute Gasteiger partial charge is 0.144 e. The van der Waals surface area contributed by atoms with E-state index in [0.717, 1.165) is 0 Å². The summed E-state index contributed by atoms with van der Waals surface area (Å²) in [6.07, 6.45) is 0. The van der Waals surface area contributed by atoms with Crippen molar-refractivity contribution in [3.05, 3.63) is 82.2 Å². The van der Waals surface area contributed by atoms with Gasteiger partial charge in [-0.1, -0.05) is 75.4 Å². The van der Waals surface area contributed by atoms with Crippen molar-refractivity contribution in [2.75, 3.05) is 0 Å². The van der Waals surface area contributed by atoms with E-state index in [4.69, 9.17) is 0 Å². The van der Waals surface area contributed by atoms with E-state index in [1.54, 1.807) is 0 Å². The Morgan fingerprint density at radius 2 is 1.06 bits per heavy atom. The van der Waals surface area contributed by atoms with Gasteiger partial charge < -0.3 is 0 Å². The average Bonchev–Trinajstić information content (AvgIpc) is 3.19. The van der Waals surface area contributed by atoms with E-state index in [9.17, 15) is 0 Å². The van der Waals surface area contributed by atoms with Crippen LogP contribution in [0.25, 0.3) is 20.9 Å². The van der Waals surface area contributed by atoms with Gasteiger partial charge in [0.15, 0.2) is 0 Å². The van der Waals surface area contributed by atoms with E-state index in [2.05, 4.69) is 122 Å². The highest BCUT2D eigenvalue weighted by atomic mass is 32.1. The fraction of sp³-hybridized carbons (Fsp3) is 0.267. The highest BCUT2D eigenvalue weighted by Crippen LogP contribution is 2.46. The predicted octanol–water partition coefficient (Wildman–Crippen LogP) is 8.39. The van der Waals surface area contributed by atoms with Crippen LogP contribution in [0.2, 0.25) is 39.3 Å². The third-order valence-electron chi connectivity index (χ3n) is 6.04. The summed E-state index contributed by atoms with van der Waals surface area (Å²) in [7, 11) is -3.03. The first-order valence-electron chi connectivity index (χ1n) is 11.7. The number of fused-ring (bicyclic) bond motifs is 4. The quantitative estimate of drug-likeness (QED) is 0.176. The summed E-state index contributed by atoms with van der Waals surface area (Å²) in [5.41, 5.74) is 12.8. The van der Waals surface area contributed by atoms with Crippen LogP contribution in [-0.2, 0) is 0 Å². The molecule has 33 heavy (non-hydrogen) atoms. The van der Waals surface area contributed by atoms with E-state index in [0.29, 0.717) is 0 Å². The van der Waals surface area contributed by atoms with Gasteiger partial charge in [-0.3, -0.25) is 0 Å². The van der Waals surface area contributed by atoms with Crippen LogP contribution in [0.5, 0.6) is 0 Å². The Bertz CT molecular complexity index is 1390. The van der Waals surface area contributed by atoms with Gasteiger partial charge in [-0.2, -0.15) is 0 Å². The van der Waals surface area contributed by atoms with Crippen molar-refractivity contribution in [3.8, 4) is 22.9 Å². The zero-order valence-electron chi connectivity index (χ0n) is 20.3. The van der Waals surface area contributed by atoms with E-state index < -0.39 is 16.1 Å². The summed E-state index contributed by atoms with van der Waals surface area (Å²) in [5.74, 6) is 7.73. The lowest BCUT2D eigenvalue weighted by molar-refractivity contribution is 0.895. The van der Waals surface area contributed by atoms with Crippen LogP contribution in [0.4, 0.5) is 0 Å². The minimum atomic E-state index is -1.52. The lowest BCUT2D eigenvalue weighted by atomic mass is 9.72. The third kappa shape index (κ3) is 4.47. The molecule has 5 rings (SSSR count). The summed E-state index contributed by atoms with van der Waals surface area (Å²) >= 11 is 1.82. The SMILES string of the molecule is C[Si](C)(C)C#CC1c2cc3ccccc3cc2C(C#C[Si](C)(C)C)c2cc3sccc3cc21. The third-order valence-corrected chi connectivity index (χ3v) is 8.70. The van der Waals surface area contributed by atoms with Gasteiger partial charge in [0.05, 0.1) is 11.8 Å². The second-order valence-electron chi connectivity index (χ2n) is 11.2. The summed E-state index contributed by atoms with van der Waals surface area (Å²) < 4.78 is 1.34. The molecule has 1 aliphatic carbocycles. The van der Waals surface area contributed by atoms with Crippen molar-refractivity contribution >= 4 is 48.3 Å². The average molecular weight is 479 g/mol. The zero-order chi connectivity index (χ0) is 23.4. The molecule has 1 heterocycles. The Balaban J connectivity index is 1.85. The van der Waals surface area contributed by atoms with Crippen molar-refractivity contribution < 1.29 is 0 Å². The normalized spacial score (nSPS) is 17.5. The summed E-state index contributed by atoms with van der Waals surface area (Å²) in [5, 5.41) is 6.09. The second kappa shape index (κ2) is 8.03. The number of rotatable bonds is 0. The molecule has 0 N–H and O–H groups in total. The Morgan fingerprint density at radius 3 is 1.55 bits per heavy atom. The van der Waals surface area contributed by atoms with E-state index >= 15 is 0 Å². The minimum Gasteiger partial charge on any atom is -0.144 e. The van der Waals surface area contributed by atoms with Crippen molar-refractivity contribution in [1.82, 2.24) is 0 Å². The van der Waals surface area contributed by atoms with Crippen molar-refractivity contribution in [2.24, 2.45) is 0 Å². The first kappa shape index (κ1) is 22.2. The summed E-state index contributed by atoms with van der Waals surface area (Å²) in [6, 6.07) is 20.5. The van der Waals surface area contributed by atoms with Crippen LogP contribution in [0.3, 0.4) is 0 Å². The summed E-state index contributed by atoms with van der Waals surface area (Å²) in [6.45, 7) is 14.0. The molecule has 1 aliphatic rings. The predicted molar refractivity (Wildman–Crippen MR) is 152 cm³/mol. The zero-order valence-corrected chi connectivity index (χ0v) is 23.2. The Kier molecular flexibility index (Phi) is 5.41. The van der Waals surface area contributed by atoms with Crippen LogP contribution in [0.15, 0.2) is 60.0 Å². The van der Waals surface area contributed by atoms with Crippen molar-refractivity contribution in [1.29, 1.82) is 0 Å². The molecule has 0 saturated heterocycles. The smallest absolute Gasteiger partial charge is 0.129 e. The highest BCUT2D eigenvalue weighted by Gasteiger charge is 2.32. The van der Waals surface area contributed by atoms with Crippen LogP contribution in [-0.4, -0.2) is 16.1 Å². The van der Waals surface area contributed by atoms with Crippen molar-refractivity contribution in [3.63, 3.8) is 0 Å². The van der Waals surface area contributed by atoms with E-state index in [1.165, 1.54) is 43.1 Å². The van der Waals surface area contributed by atoms with Gasteiger partial charge in [-0.05, 0) is 74.1 Å². The minimum absolute atomic E-state index is 0.0977. The molecule has 2 atom stereocenters. The van der Waals surface area contributed by atoms with Crippen LogP contribution < -0.4 is 0 Å². The molecule has 3 aromatic carbocycles. The molecule has 0 spiro atoms. The molecule has 0 fully saturated rings. The number of thiophene rings is 1. The Labute approximate surface area is 204 Å². The van der Waals surface area contributed by atoms with Crippen molar-refractivity contribution in [2.45, 2.75) is 51.1 Å². The molecular formula is C30H30SSi2. The second-order valence-corrected chi connectivity index (χ2v) is 21.6. The molecule has 0 radical (unpaired) electrons. The first-order chi connectivity index (χ1) is 15.6. The molecule has 3 heteroatoms. The number of benzene rings is 3. The maximum absolute atomic E-state index is 3.77. The van der Waals surface area contributed by atoms with E-state index in [1.807, 2.05) is 11.3 Å². The standard InChI is InChI=1S/C30H30SSi2/c1-32(2,3)15-12-24-26-17-21-9-7-8-10-22(21)18-27(26)25(13-16-33(4,5)6)29-20-30-23(11-14-31-30)19-28(24)29/h7-11,14,17-20,24-25H,1-6H3. The van der Waals surface area contributed by atoms with Gasteiger partial charge in [0.25, 0.3) is 0 Å². The van der Waals surface area contributed by atoms with Gasteiger partial charge in [0, 0.05) is 4.70 Å². The molecule has 0 bridgehead atoms. The molecule has 1 aromatic heterocycles. The Hall–Kier alpha value is -2.57. The van der Waals surface area contributed by atoms with Gasteiger partial charge in [-0.15, -0.1) is 22.4 Å². The van der Waals surface area contributed by atoms with Gasteiger partial charge >= 0.3 is 0 Å². The fourth-order valence-corrected chi connectivity index (χ4v) is 6.52. The first-order valence-corrected chi connectivity index (χ1v) is 19.6. The number of hydrogen-bond acceptors (Lipinski definition) is 1. The Morgan fingerprint density at radius 1 is 0.606 bits per heavy atom. The molecule has 0 amide bonds. The molecule has 164 valence electrons. The lowest BCUT2D eigenvalue weighted by Gasteiger charge is -2.31. The van der Waals surface area contributed by atoms with Gasteiger partial charge in [0.2, 0.25) is 0 Å². The van der Waals surface area contributed by atoms with Crippen LogP contribution >= 0.6 is 11.3 Å². The maximum atomic E-state index is 3.77. The lowest BCUT2D eigenvalue weighted by Crippen LogP contribution is -2.21. The topological polar surface area (TPSA) is 0 Å². The molecule has 0 nitrogen and oxygen atoms in total.